The summed E-state index contributed by atoms with van der Waals surface area (Å²) >= 11 is 0. The van der Waals surface area contributed by atoms with Gasteiger partial charge in [0.2, 0.25) is 5.91 Å². The minimum absolute atomic E-state index is 0.203. The zero-order valence-corrected chi connectivity index (χ0v) is 14.2. The van der Waals surface area contributed by atoms with E-state index in [1.165, 1.54) is 12.3 Å². The van der Waals surface area contributed by atoms with Crippen molar-refractivity contribution in [1.82, 2.24) is 0 Å². The van der Waals surface area contributed by atoms with E-state index in [0.29, 0.717) is 22.7 Å². The highest BCUT2D eigenvalue weighted by Gasteiger charge is 2.06. The van der Waals surface area contributed by atoms with Crippen LogP contribution in [0.25, 0.3) is 6.08 Å². The molecule has 0 fully saturated rings. The highest BCUT2D eigenvalue weighted by molar-refractivity contribution is 6.05. The number of hydrogen-bond donors (Lipinski definition) is 2. The zero-order chi connectivity index (χ0) is 18.4. The third kappa shape index (κ3) is 4.70. The first kappa shape index (κ1) is 17.2. The number of hydrogen-bond acceptors (Lipinski definition) is 3. The van der Waals surface area contributed by atoms with Gasteiger partial charge in [-0.2, -0.15) is 0 Å². The Labute approximate surface area is 151 Å². The first-order valence-electron chi connectivity index (χ1n) is 8.11. The van der Waals surface area contributed by atoms with Crippen molar-refractivity contribution in [2.75, 3.05) is 10.6 Å². The van der Waals surface area contributed by atoms with E-state index in [1.807, 2.05) is 19.1 Å². The lowest BCUT2D eigenvalue weighted by Crippen LogP contribution is -2.12. The van der Waals surface area contributed by atoms with Crippen molar-refractivity contribution in [3.05, 3.63) is 89.9 Å². The summed E-state index contributed by atoms with van der Waals surface area (Å²) in [5.41, 5.74) is 2.85. The lowest BCUT2D eigenvalue weighted by molar-refractivity contribution is -0.111. The molecule has 3 rings (SSSR count). The summed E-state index contributed by atoms with van der Waals surface area (Å²) in [7, 11) is 0. The van der Waals surface area contributed by atoms with E-state index < -0.39 is 0 Å². The molecule has 0 aliphatic carbocycles. The van der Waals surface area contributed by atoms with Crippen molar-refractivity contribution >= 4 is 29.3 Å². The Morgan fingerprint density at radius 2 is 1.65 bits per heavy atom. The number of rotatable bonds is 5. The Balaban J connectivity index is 1.63. The molecule has 0 radical (unpaired) electrons. The second kappa shape index (κ2) is 7.98. The molecular formula is C21H18N2O3. The fourth-order valence-electron chi connectivity index (χ4n) is 2.31. The van der Waals surface area contributed by atoms with Crippen LogP contribution < -0.4 is 10.6 Å². The molecular weight excluding hydrogens is 328 g/mol. The molecule has 3 aromatic rings. The molecule has 1 aromatic heterocycles. The van der Waals surface area contributed by atoms with Crippen molar-refractivity contribution < 1.29 is 14.0 Å². The number of anilines is 2. The van der Waals surface area contributed by atoms with Crippen LogP contribution in [0.3, 0.4) is 0 Å². The highest BCUT2D eigenvalue weighted by Crippen LogP contribution is 2.16. The number of nitrogens with one attached hydrogen (secondary N) is 2. The lowest BCUT2D eigenvalue weighted by atomic mass is 10.1. The summed E-state index contributed by atoms with van der Waals surface area (Å²) in [6.45, 7) is 1.97. The smallest absolute Gasteiger partial charge is 0.255 e. The molecule has 0 saturated heterocycles. The molecule has 2 N–H and O–H groups in total. The molecule has 2 amide bonds. The SMILES string of the molecule is Cc1ccc(C(=O)Nc2cccc(NC(=O)/C=C/c3ccco3)c2)cc1. The summed E-state index contributed by atoms with van der Waals surface area (Å²) in [5, 5.41) is 5.57. The van der Waals surface area contributed by atoms with E-state index in [9.17, 15) is 9.59 Å². The normalized spacial score (nSPS) is 10.7. The number of carbonyl (C=O) groups excluding carboxylic acids is 2. The molecule has 0 atom stereocenters. The van der Waals surface area contributed by atoms with Crippen LogP contribution >= 0.6 is 0 Å². The molecule has 5 nitrogen and oxygen atoms in total. The Kier molecular flexibility index (Phi) is 5.29. The van der Waals surface area contributed by atoms with E-state index in [2.05, 4.69) is 10.6 Å². The first-order valence-corrected chi connectivity index (χ1v) is 8.11. The van der Waals surface area contributed by atoms with Gasteiger partial charge in [0.05, 0.1) is 6.26 Å². The van der Waals surface area contributed by atoms with Crippen LogP contribution in [0.5, 0.6) is 0 Å². The summed E-state index contributed by atoms with van der Waals surface area (Å²) in [5.74, 6) is 0.105. The van der Waals surface area contributed by atoms with Gasteiger partial charge in [0, 0.05) is 23.0 Å². The molecule has 0 aliphatic rings. The van der Waals surface area contributed by atoms with Crippen molar-refractivity contribution in [3.8, 4) is 0 Å². The number of benzene rings is 2. The third-order valence-electron chi connectivity index (χ3n) is 3.64. The van der Waals surface area contributed by atoms with E-state index in [-0.39, 0.29) is 11.8 Å². The highest BCUT2D eigenvalue weighted by atomic mass is 16.3. The monoisotopic (exact) mass is 346 g/mol. The van der Waals surface area contributed by atoms with Gasteiger partial charge in [0.1, 0.15) is 5.76 Å². The molecule has 1 heterocycles. The molecule has 0 unspecified atom stereocenters. The van der Waals surface area contributed by atoms with Crippen LogP contribution in [-0.4, -0.2) is 11.8 Å². The van der Waals surface area contributed by atoms with E-state index >= 15 is 0 Å². The third-order valence-corrected chi connectivity index (χ3v) is 3.64. The topological polar surface area (TPSA) is 71.3 Å². The molecule has 2 aromatic carbocycles. The van der Waals surface area contributed by atoms with Crippen LogP contribution in [0.1, 0.15) is 21.7 Å². The predicted octanol–water partition coefficient (Wildman–Crippen LogP) is 4.49. The molecule has 0 bridgehead atoms. The zero-order valence-electron chi connectivity index (χ0n) is 14.2. The van der Waals surface area contributed by atoms with Gasteiger partial charge in [-0.05, 0) is 55.5 Å². The van der Waals surface area contributed by atoms with Crippen molar-refractivity contribution in [1.29, 1.82) is 0 Å². The second-order valence-electron chi connectivity index (χ2n) is 5.74. The minimum atomic E-state index is -0.289. The fourth-order valence-corrected chi connectivity index (χ4v) is 2.31. The molecule has 26 heavy (non-hydrogen) atoms. The quantitative estimate of drug-likeness (QED) is 0.669. The van der Waals surface area contributed by atoms with Gasteiger partial charge < -0.3 is 15.1 Å². The maximum atomic E-state index is 12.3. The van der Waals surface area contributed by atoms with Gasteiger partial charge in [0.25, 0.3) is 5.91 Å². The molecule has 5 heteroatoms. The lowest BCUT2D eigenvalue weighted by Gasteiger charge is -2.08. The Morgan fingerprint density at radius 3 is 2.35 bits per heavy atom. The van der Waals surface area contributed by atoms with E-state index in [0.717, 1.165) is 5.56 Å². The Bertz CT molecular complexity index is 926. The molecule has 130 valence electrons. The number of carbonyl (C=O) groups is 2. The van der Waals surface area contributed by atoms with Crippen LogP contribution in [0.4, 0.5) is 11.4 Å². The maximum Gasteiger partial charge on any atom is 0.255 e. The summed E-state index contributed by atoms with van der Waals surface area (Å²) in [6, 6.07) is 17.8. The maximum absolute atomic E-state index is 12.3. The molecule has 0 aliphatic heterocycles. The van der Waals surface area contributed by atoms with Crippen molar-refractivity contribution in [3.63, 3.8) is 0 Å². The first-order chi connectivity index (χ1) is 12.6. The number of furan rings is 1. The van der Waals surface area contributed by atoms with Crippen LogP contribution in [0, 0.1) is 6.92 Å². The summed E-state index contributed by atoms with van der Waals surface area (Å²) in [4.78, 5) is 24.2. The number of aryl methyl sites for hydroxylation is 1. The van der Waals surface area contributed by atoms with Crippen LogP contribution in [0.2, 0.25) is 0 Å². The van der Waals surface area contributed by atoms with Gasteiger partial charge in [-0.3, -0.25) is 9.59 Å². The Morgan fingerprint density at radius 1 is 0.923 bits per heavy atom. The standard InChI is InChI=1S/C21H18N2O3/c1-15-7-9-16(10-8-15)21(25)23-18-5-2-4-17(14-18)22-20(24)12-11-19-6-3-13-26-19/h2-14H,1H3,(H,22,24)(H,23,25)/b12-11+. The minimum Gasteiger partial charge on any atom is -0.465 e. The second-order valence-corrected chi connectivity index (χ2v) is 5.74. The van der Waals surface area contributed by atoms with Crippen LogP contribution in [-0.2, 0) is 4.79 Å². The summed E-state index contributed by atoms with van der Waals surface area (Å²) < 4.78 is 5.13. The fraction of sp³-hybridized carbons (Fsp3) is 0.0476. The molecule has 0 spiro atoms. The van der Waals surface area contributed by atoms with Gasteiger partial charge in [-0.25, -0.2) is 0 Å². The summed E-state index contributed by atoms with van der Waals surface area (Å²) in [6.07, 6.45) is 4.51. The van der Waals surface area contributed by atoms with Gasteiger partial charge in [-0.1, -0.05) is 23.8 Å². The van der Waals surface area contributed by atoms with E-state index in [1.54, 1.807) is 54.6 Å². The van der Waals surface area contributed by atoms with Crippen molar-refractivity contribution in [2.24, 2.45) is 0 Å². The van der Waals surface area contributed by atoms with E-state index in [4.69, 9.17) is 4.42 Å². The van der Waals surface area contributed by atoms with Crippen molar-refractivity contribution in [2.45, 2.75) is 6.92 Å². The van der Waals surface area contributed by atoms with Crippen LogP contribution in [0.15, 0.2) is 77.4 Å². The average molecular weight is 346 g/mol. The average Bonchev–Trinajstić information content (AvgIpc) is 3.14. The Hall–Kier alpha value is -3.60. The molecule has 0 saturated carbocycles. The van der Waals surface area contributed by atoms with Gasteiger partial charge in [-0.15, -0.1) is 0 Å². The van der Waals surface area contributed by atoms with Gasteiger partial charge in [0.15, 0.2) is 0 Å². The number of amides is 2. The predicted molar refractivity (Wildman–Crippen MR) is 102 cm³/mol. The van der Waals surface area contributed by atoms with Gasteiger partial charge >= 0.3 is 0 Å². The largest absolute Gasteiger partial charge is 0.465 e.